The number of amides is 2. The third kappa shape index (κ3) is 5.79. The summed E-state index contributed by atoms with van der Waals surface area (Å²) < 4.78 is 26.8. The molecule has 0 spiro atoms. The van der Waals surface area contributed by atoms with Gasteiger partial charge in [-0.05, 0) is 48.2 Å². The lowest BCUT2D eigenvalue weighted by Crippen LogP contribution is -2.47. The number of benzene rings is 2. The molecule has 1 saturated carbocycles. The molecule has 0 heterocycles. The molecule has 0 bridgehead atoms. The van der Waals surface area contributed by atoms with Crippen LogP contribution in [-0.4, -0.2) is 28.6 Å². The first-order valence-electron chi connectivity index (χ1n) is 10.1. The van der Waals surface area contributed by atoms with Gasteiger partial charge in [0.25, 0.3) is 0 Å². The highest BCUT2D eigenvalue weighted by Gasteiger charge is 2.32. The number of rotatable bonds is 7. The molecule has 7 heteroatoms. The SMILES string of the molecule is O=C(NC1CCCCC1)[C@H](c1ccc(F)cc1)N(Cc1ccc(F)cc1)C(=O)CCl. The molecule has 2 amide bonds. The third-order valence-corrected chi connectivity index (χ3v) is 5.63. The molecule has 0 unspecified atom stereocenters. The summed E-state index contributed by atoms with van der Waals surface area (Å²) in [6, 6.07) is 10.3. The summed E-state index contributed by atoms with van der Waals surface area (Å²) in [6.07, 6.45) is 5.03. The Morgan fingerprint density at radius 3 is 2.10 bits per heavy atom. The zero-order valence-electron chi connectivity index (χ0n) is 16.6. The van der Waals surface area contributed by atoms with E-state index in [1.165, 1.54) is 41.3 Å². The smallest absolute Gasteiger partial charge is 0.247 e. The van der Waals surface area contributed by atoms with Gasteiger partial charge in [0, 0.05) is 12.6 Å². The summed E-state index contributed by atoms with van der Waals surface area (Å²) in [5, 5.41) is 3.06. The molecule has 0 saturated heterocycles. The minimum absolute atomic E-state index is 0.0490. The number of nitrogens with zero attached hydrogens (tertiary/aromatic N) is 1. The molecule has 0 aromatic heterocycles. The molecule has 4 nitrogen and oxygen atoms in total. The highest BCUT2D eigenvalue weighted by Crippen LogP contribution is 2.26. The molecule has 2 aromatic carbocycles. The largest absolute Gasteiger partial charge is 0.351 e. The molecular weight excluding hydrogens is 410 g/mol. The summed E-state index contributed by atoms with van der Waals surface area (Å²) in [5.41, 5.74) is 1.15. The summed E-state index contributed by atoms with van der Waals surface area (Å²) in [7, 11) is 0. The summed E-state index contributed by atoms with van der Waals surface area (Å²) in [4.78, 5) is 27.4. The van der Waals surface area contributed by atoms with E-state index in [1.54, 1.807) is 12.1 Å². The second-order valence-electron chi connectivity index (χ2n) is 7.58. The number of hydrogen-bond donors (Lipinski definition) is 1. The third-order valence-electron chi connectivity index (χ3n) is 5.40. The number of halogens is 3. The maximum atomic E-state index is 13.5. The van der Waals surface area contributed by atoms with E-state index in [-0.39, 0.29) is 30.2 Å². The Balaban J connectivity index is 1.92. The van der Waals surface area contributed by atoms with Crippen LogP contribution >= 0.6 is 11.6 Å². The van der Waals surface area contributed by atoms with Gasteiger partial charge in [-0.3, -0.25) is 9.59 Å². The Morgan fingerprint density at radius 2 is 1.53 bits per heavy atom. The first-order valence-corrected chi connectivity index (χ1v) is 10.7. The Labute approximate surface area is 180 Å². The number of alkyl halides is 1. The normalized spacial score (nSPS) is 15.4. The molecule has 1 fully saturated rings. The zero-order chi connectivity index (χ0) is 21.5. The lowest BCUT2D eigenvalue weighted by molar-refractivity contribution is -0.140. The maximum absolute atomic E-state index is 13.5. The second kappa shape index (κ2) is 10.5. The van der Waals surface area contributed by atoms with Crippen molar-refractivity contribution in [3.63, 3.8) is 0 Å². The predicted molar refractivity (Wildman–Crippen MR) is 112 cm³/mol. The van der Waals surface area contributed by atoms with Crippen LogP contribution in [-0.2, 0) is 16.1 Å². The fourth-order valence-electron chi connectivity index (χ4n) is 3.83. The Kier molecular flexibility index (Phi) is 7.80. The van der Waals surface area contributed by atoms with Gasteiger partial charge in [-0.15, -0.1) is 11.6 Å². The predicted octanol–water partition coefficient (Wildman–Crippen LogP) is 4.72. The monoisotopic (exact) mass is 434 g/mol. The molecule has 3 rings (SSSR count). The average molecular weight is 435 g/mol. The lowest BCUT2D eigenvalue weighted by atomic mass is 9.94. The molecule has 160 valence electrons. The molecule has 1 aliphatic carbocycles. The highest BCUT2D eigenvalue weighted by molar-refractivity contribution is 6.27. The van der Waals surface area contributed by atoms with E-state index in [0.717, 1.165) is 32.1 Å². The van der Waals surface area contributed by atoms with E-state index in [4.69, 9.17) is 11.6 Å². The van der Waals surface area contributed by atoms with Crippen molar-refractivity contribution in [3.05, 3.63) is 71.3 Å². The molecule has 0 radical (unpaired) electrons. The first-order chi connectivity index (χ1) is 14.5. The van der Waals surface area contributed by atoms with E-state index < -0.39 is 17.8 Å². The van der Waals surface area contributed by atoms with Gasteiger partial charge in [-0.2, -0.15) is 0 Å². The van der Waals surface area contributed by atoms with Crippen LogP contribution in [0, 0.1) is 11.6 Å². The molecule has 0 aliphatic heterocycles. The van der Waals surface area contributed by atoms with Crippen molar-refractivity contribution in [1.29, 1.82) is 0 Å². The second-order valence-corrected chi connectivity index (χ2v) is 7.85. The average Bonchev–Trinajstić information content (AvgIpc) is 2.76. The van der Waals surface area contributed by atoms with Gasteiger partial charge in [-0.1, -0.05) is 43.5 Å². The van der Waals surface area contributed by atoms with Gasteiger partial charge in [0.15, 0.2) is 0 Å². The number of carbonyl (C=O) groups is 2. The van der Waals surface area contributed by atoms with E-state index in [1.807, 2.05) is 0 Å². The Bertz CT molecular complexity index is 853. The van der Waals surface area contributed by atoms with Crippen LogP contribution in [0.25, 0.3) is 0 Å². The molecule has 2 aromatic rings. The molecule has 1 aliphatic rings. The standard InChI is InChI=1S/C23H25ClF2N2O2/c24-14-21(29)28(15-16-6-10-18(25)11-7-16)22(17-8-12-19(26)13-9-17)23(30)27-20-4-2-1-3-5-20/h6-13,20,22H,1-5,14-15H2,(H,27,30)/t22-/m0/s1. The Morgan fingerprint density at radius 1 is 0.967 bits per heavy atom. The summed E-state index contributed by atoms with van der Waals surface area (Å²) >= 11 is 5.85. The molecule has 1 N–H and O–H groups in total. The van der Waals surface area contributed by atoms with Gasteiger partial charge in [0.1, 0.15) is 23.6 Å². The Hall–Kier alpha value is -2.47. The summed E-state index contributed by atoms with van der Waals surface area (Å²) in [5.74, 6) is -1.89. The fraction of sp³-hybridized carbons (Fsp3) is 0.391. The van der Waals surface area contributed by atoms with Crippen molar-refractivity contribution >= 4 is 23.4 Å². The van der Waals surface area contributed by atoms with Gasteiger partial charge in [-0.25, -0.2) is 8.78 Å². The zero-order valence-corrected chi connectivity index (χ0v) is 17.4. The van der Waals surface area contributed by atoms with Crippen LogP contribution in [0.1, 0.15) is 49.3 Å². The molecule has 1 atom stereocenters. The van der Waals surface area contributed by atoms with Crippen LogP contribution in [0.5, 0.6) is 0 Å². The van der Waals surface area contributed by atoms with E-state index >= 15 is 0 Å². The van der Waals surface area contributed by atoms with Crippen LogP contribution in [0.3, 0.4) is 0 Å². The van der Waals surface area contributed by atoms with Crippen molar-refractivity contribution in [2.24, 2.45) is 0 Å². The van der Waals surface area contributed by atoms with Gasteiger partial charge < -0.3 is 10.2 Å². The molecule has 30 heavy (non-hydrogen) atoms. The number of carbonyl (C=O) groups excluding carboxylic acids is 2. The van der Waals surface area contributed by atoms with Crippen molar-refractivity contribution in [2.45, 2.75) is 50.7 Å². The minimum Gasteiger partial charge on any atom is -0.351 e. The first kappa shape index (κ1) is 22.2. The van der Waals surface area contributed by atoms with Crippen LogP contribution < -0.4 is 5.32 Å². The van der Waals surface area contributed by atoms with Crippen molar-refractivity contribution in [1.82, 2.24) is 10.2 Å². The number of nitrogens with one attached hydrogen (secondary N) is 1. The van der Waals surface area contributed by atoms with E-state index in [0.29, 0.717) is 11.1 Å². The number of hydrogen-bond acceptors (Lipinski definition) is 2. The maximum Gasteiger partial charge on any atom is 0.247 e. The summed E-state index contributed by atoms with van der Waals surface area (Å²) in [6.45, 7) is 0.0754. The van der Waals surface area contributed by atoms with Crippen molar-refractivity contribution in [2.75, 3.05) is 5.88 Å². The molecular formula is C23H25ClF2N2O2. The lowest BCUT2D eigenvalue weighted by Gasteiger charge is -2.33. The fourth-order valence-corrected chi connectivity index (χ4v) is 3.99. The van der Waals surface area contributed by atoms with Gasteiger partial charge in [0.2, 0.25) is 11.8 Å². The van der Waals surface area contributed by atoms with Crippen LogP contribution in [0.15, 0.2) is 48.5 Å². The van der Waals surface area contributed by atoms with Crippen LogP contribution in [0.2, 0.25) is 0 Å². The van der Waals surface area contributed by atoms with Gasteiger partial charge in [0.05, 0.1) is 0 Å². The highest BCUT2D eigenvalue weighted by atomic mass is 35.5. The quantitative estimate of drug-likeness (QED) is 0.641. The van der Waals surface area contributed by atoms with Crippen molar-refractivity contribution in [3.8, 4) is 0 Å². The topological polar surface area (TPSA) is 49.4 Å². The van der Waals surface area contributed by atoms with Crippen LogP contribution in [0.4, 0.5) is 8.78 Å². The van der Waals surface area contributed by atoms with E-state index in [9.17, 15) is 18.4 Å². The minimum atomic E-state index is -0.969. The van der Waals surface area contributed by atoms with Gasteiger partial charge >= 0.3 is 0 Å². The van der Waals surface area contributed by atoms with Crippen molar-refractivity contribution < 1.29 is 18.4 Å². The van der Waals surface area contributed by atoms with E-state index in [2.05, 4.69) is 5.32 Å².